The van der Waals surface area contributed by atoms with Crippen molar-refractivity contribution in [3.8, 4) is 0 Å². The largest absolute Gasteiger partial charge is 0.350 e. The molecule has 1 aliphatic heterocycles. The number of hydrogen-bond donors (Lipinski definition) is 2. The fourth-order valence-electron chi connectivity index (χ4n) is 2.14. The van der Waals surface area contributed by atoms with Crippen molar-refractivity contribution in [2.75, 3.05) is 19.6 Å². The van der Waals surface area contributed by atoms with Crippen LogP contribution in [0.3, 0.4) is 0 Å². The van der Waals surface area contributed by atoms with Gasteiger partial charge >= 0.3 is 0 Å². The molecular weight excluding hydrogens is 148 g/mol. The summed E-state index contributed by atoms with van der Waals surface area (Å²) in [5.74, 6) is 0.942. The minimum Gasteiger partial charge on any atom is -0.350 e. The summed E-state index contributed by atoms with van der Waals surface area (Å²) in [5, 5.41) is 0. The quantitative estimate of drug-likeness (QED) is 0.565. The van der Waals surface area contributed by atoms with Crippen molar-refractivity contribution in [1.29, 1.82) is 0 Å². The molecule has 1 unspecified atom stereocenters. The number of rotatable bonds is 3. The van der Waals surface area contributed by atoms with E-state index in [4.69, 9.17) is 0 Å². The van der Waals surface area contributed by atoms with Crippen LogP contribution in [0, 0.1) is 5.92 Å². The Morgan fingerprint density at radius 3 is 2.92 bits per heavy atom. The molecule has 4 N–H and O–H groups in total. The van der Waals surface area contributed by atoms with Crippen LogP contribution in [-0.4, -0.2) is 25.7 Å². The molecule has 2 nitrogen and oxygen atoms in total. The zero-order chi connectivity index (χ0) is 8.97. The van der Waals surface area contributed by atoms with Gasteiger partial charge in [-0.1, -0.05) is 13.8 Å². The summed E-state index contributed by atoms with van der Waals surface area (Å²) in [6.07, 6.45) is 4.10. The van der Waals surface area contributed by atoms with Gasteiger partial charge in [0.2, 0.25) is 0 Å². The summed E-state index contributed by atoms with van der Waals surface area (Å²) in [7, 11) is 0. The van der Waals surface area contributed by atoms with Gasteiger partial charge in [0.1, 0.15) is 12.6 Å². The molecule has 1 rings (SSSR count). The van der Waals surface area contributed by atoms with Crippen LogP contribution in [0.2, 0.25) is 0 Å². The van der Waals surface area contributed by atoms with E-state index in [0.717, 1.165) is 5.92 Å². The number of nitrogens with one attached hydrogen (secondary N) is 1. The highest BCUT2D eigenvalue weighted by molar-refractivity contribution is 4.56. The van der Waals surface area contributed by atoms with E-state index in [1.165, 1.54) is 38.9 Å². The summed E-state index contributed by atoms with van der Waals surface area (Å²) in [5.41, 5.74) is 4.15. The Labute approximate surface area is 76.1 Å². The Morgan fingerprint density at radius 1 is 1.58 bits per heavy atom. The summed E-state index contributed by atoms with van der Waals surface area (Å²) >= 11 is 0. The maximum atomic E-state index is 4.15. The lowest BCUT2D eigenvalue weighted by Crippen LogP contribution is -3.15. The van der Waals surface area contributed by atoms with Gasteiger partial charge < -0.3 is 10.6 Å². The third-order valence-corrected chi connectivity index (χ3v) is 3.02. The maximum absolute atomic E-state index is 4.15. The van der Waals surface area contributed by atoms with Crippen LogP contribution in [0.25, 0.3) is 0 Å². The van der Waals surface area contributed by atoms with Crippen molar-refractivity contribution < 1.29 is 10.6 Å². The Bertz CT molecular complexity index is 125. The van der Waals surface area contributed by atoms with Gasteiger partial charge in [0.15, 0.2) is 0 Å². The molecule has 0 saturated carbocycles. The second kappa shape index (κ2) is 4.83. The zero-order valence-electron chi connectivity index (χ0n) is 8.60. The van der Waals surface area contributed by atoms with E-state index in [9.17, 15) is 0 Å². The lowest BCUT2D eigenvalue weighted by Gasteiger charge is -2.28. The van der Waals surface area contributed by atoms with E-state index in [-0.39, 0.29) is 0 Å². The van der Waals surface area contributed by atoms with E-state index < -0.39 is 0 Å². The number of hydrogen-bond acceptors (Lipinski definition) is 0. The second-order valence-electron chi connectivity index (χ2n) is 4.43. The van der Waals surface area contributed by atoms with Crippen molar-refractivity contribution in [2.24, 2.45) is 5.92 Å². The molecule has 0 radical (unpaired) electrons. The van der Waals surface area contributed by atoms with Crippen LogP contribution >= 0.6 is 0 Å². The van der Waals surface area contributed by atoms with Crippen molar-refractivity contribution in [2.45, 2.75) is 39.2 Å². The van der Waals surface area contributed by atoms with E-state index in [2.05, 4.69) is 19.6 Å². The van der Waals surface area contributed by atoms with Crippen LogP contribution in [0.15, 0.2) is 0 Å². The Hall–Kier alpha value is -0.0800. The molecule has 3 atom stereocenters. The molecule has 0 aromatic rings. The molecule has 0 aliphatic carbocycles. The van der Waals surface area contributed by atoms with Gasteiger partial charge in [-0.2, -0.15) is 0 Å². The summed E-state index contributed by atoms with van der Waals surface area (Å²) in [6.45, 7) is 8.68. The predicted octanol–water partition coefficient (Wildman–Crippen LogP) is -0.678. The van der Waals surface area contributed by atoms with Gasteiger partial charge in [0, 0.05) is 12.3 Å². The average molecular weight is 172 g/mol. The zero-order valence-corrected chi connectivity index (χ0v) is 8.60. The molecule has 0 aromatic carbocycles. The highest BCUT2D eigenvalue weighted by Crippen LogP contribution is 2.04. The molecule has 0 spiro atoms. The molecular formula is C10H24N2+2. The molecule has 1 fully saturated rings. The molecule has 1 aliphatic rings. The normalized spacial score (nSPS) is 33.2. The molecule has 72 valence electrons. The van der Waals surface area contributed by atoms with Gasteiger partial charge in [0.25, 0.3) is 0 Å². The standard InChI is InChI=1S/C10H22N2/c1-3-10(11)8-12-6-4-5-9(2)7-12/h9-10H,3-8,11H2,1-2H3/p+2/t9-,10-/m0/s1. The highest BCUT2D eigenvalue weighted by Gasteiger charge is 2.21. The van der Waals surface area contributed by atoms with Gasteiger partial charge in [-0.15, -0.1) is 0 Å². The van der Waals surface area contributed by atoms with Crippen LogP contribution in [0.4, 0.5) is 0 Å². The molecule has 0 bridgehead atoms. The fraction of sp³-hybridized carbons (Fsp3) is 1.00. The summed E-state index contributed by atoms with van der Waals surface area (Å²) in [4.78, 5) is 1.79. The van der Waals surface area contributed by atoms with Gasteiger partial charge in [0.05, 0.1) is 13.1 Å². The minimum absolute atomic E-state index is 0.672. The first-order valence-corrected chi connectivity index (χ1v) is 5.39. The van der Waals surface area contributed by atoms with Crippen LogP contribution < -0.4 is 10.6 Å². The Balaban J connectivity index is 2.22. The Kier molecular flexibility index (Phi) is 4.02. The first-order valence-electron chi connectivity index (χ1n) is 5.39. The van der Waals surface area contributed by atoms with Crippen molar-refractivity contribution in [1.82, 2.24) is 0 Å². The average Bonchev–Trinajstić information content (AvgIpc) is 2.04. The van der Waals surface area contributed by atoms with Crippen LogP contribution in [0.1, 0.15) is 33.1 Å². The molecule has 12 heavy (non-hydrogen) atoms. The minimum atomic E-state index is 0.672. The van der Waals surface area contributed by atoms with Gasteiger partial charge in [-0.05, 0) is 12.8 Å². The van der Waals surface area contributed by atoms with Crippen molar-refractivity contribution >= 4 is 0 Å². The first kappa shape index (κ1) is 10.0. The molecule has 0 aromatic heterocycles. The summed E-state index contributed by atoms with van der Waals surface area (Å²) in [6, 6.07) is 0.672. The second-order valence-corrected chi connectivity index (χ2v) is 4.43. The van der Waals surface area contributed by atoms with Crippen molar-refractivity contribution in [3.05, 3.63) is 0 Å². The van der Waals surface area contributed by atoms with E-state index in [0.29, 0.717) is 6.04 Å². The van der Waals surface area contributed by atoms with Gasteiger partial charge in [-0.25, -0.2) is 0 Å². The maximum Gasteiger partial charge on any atom is 0.134 e. The number of likely N-dealkylation sites (tertiary alicyclic amines) is 1. The van der Waals surface area contributed by atoms with Crippen LogP contribution in [0.5, 0.6) is 0 Å². The first-order chi connectivity index (χ1) is 5.72. The molecule has 1 heterocycles. The molecule has 0 amide bonds. The SMILES string of the molecule is CC[C@H]([NH3+])C[NH+]1CCC[C@H](C)C1. The van der Waals surface area contributed by atoms with Crippen LogP contribution in [-0.2, 0) is 0 Å². The lowest BCUT2D eigenvalue weighted by molar-refractivity contribution is -0.917. The van der Waals surface area contributed by atoms with E-state index in [1.54, 1.807) is 4.90 Å². The molecule has 1 saturated heterocycles. The third kappa shape index (κ3) is 3.11. The van der Waals surface area contributed by atoms with Crippen molar-refractivity contribution in [3.63, 3.8) is 0 Å². The van der Waals surface area contributed by atoms with Gasteiger partial charge in [-0.3, -0.25) is 0 Å². The number of piperidine rings is 1. The molecule has 2 heteroatoms. The highest BCUT2D eigenvalue weighted by atomic mass is 15.1. The predicted molar refractivity (Wildman–Crippen MR) is 50.9 cm³/mol. The Morgan fingerprint density at radius 2 is 2.33 bits per heavy atom. The topological polar surface area (TPSA) is 32.1 Å². The third-order valence-electron chi connectivity index (χ3n) is 3.02. The fourth-order valence-corrected chi connectivity index (χ4v) is 2.14. The van der Waals surface area contributed by atoms with E-state index in [1.807, 2.05) is 0 Å². The smallest absolute Gasteiger partial charge is 0.134 e. The number of quaternary nitrogens is 2. The lowest BCUT2D eigenvalue weighted by atomic mass is 10.00. The monoisotopic (exact) mass is 172 g/mol. The van der Waals surface area contributed by atoms with E-state index >= 15 is 0 Å². The summed E-state index contributed by atoms with van der Waals surface area (Å²) < 4.78 is 0.